The van der Waals surface area contributed by atoms with Crippen molar-refractivity contribution >= 4 is 16.9 Å². The van der Waals surface area contributed by atoms with Gasteiger partial charge in [-0.25, -0.2) is 0 Å². The van der Waals surface area contributed by atoms with Crippen molar-refractivity contribution in [2.24, 2.45) is 5.92 Å². The van der Waals surface area contributed by atoms with Crippen LogP contribution in [0.15, 0.2) is 0 Å². The van der Waals surface area contributed by atoms with Crippen LogP contribution in [-0.4, -0.2) is 34.8 Å². The fourth-order valence-corrected chi connectivity index (χ4v) is 2.89. The van der Waals surface area contributed by atoms with Crippen LogP contribution in [0.2, 0.25) is 0 Å². The molecular formula is C14H28O3S. The Morgan fingerprint density at radius 2 is 2.00 bits per heavy atom. The fraction of sp³-hybridized carbons (Fsp3) is 0.929. The monoisotopic (exact) mass is 276 g/mol. The van der Waals surface area contributed by atoms with E-state index >= 15 is 0 Å². The molecule has 2 unspecified atom stereocenters. The Morgan fingerprint density at radius 3 is 2.50 bits per heavy atom. The van der Waals surface area contributed by atoms with Gasteiger partial charge in [-0.1, -0.05) is 44.9 Å². The second-order valence-electron chi connectivity index (χ2n) is 4.65. The number of aliphatic hydroxyl groups excluding tert-OH is 1. The van der Waals surface area contributed by atoms with Gasteiger partial charge in [-0.05, 0) is 26.2 Å². The number of ether oxygens (including phenoxy) is 1. The van der Waals surface area contributed by atoms with E-state index in [4.69, 9.17) is 4.74 Å². The Bertz CT molecular complexity index is 221. The van der Waals surface area contributed by atoms with E-state index in [0.717, 1.165) is 12.2 Å². The molecule has 0 aromatic heterocycles. The van der Waals surface area contributed by atoms with Gasteiger partial charge in [0.1, 0.15) is 6.10 Å². The van der Waals surface area contributed by atoms with E-state index in [2.05, 4.69) is 13.8 Å². The highest BCUT2D eigenvalue weighted by molar-refractivity contribution is 8.13. The molecule has 108 valence electrons. The third-order valence-corrected chi connectivity index (χ3v) is 4.28. The number of thioether (sulfide) groups is 1. The van der Waals surface area contributed by atoms with Gasteiger partial charge < -0.3 is 9.84 Å². The molecule has 0 aliphatic carbocycles. The quantitative estimate of drug-likeness (QED) is 0.665. The minimum atomic E-state index is -1.00. The molecule has 18 heavy (non-hydrogen) atoms. The van der Waals surface area contributed by atoms with Gasteiger partial charge >= 0.3 is 0 Å². The zero-order valence-corrected chi connectivity index (χ0v) is 13.0. The number of rotatable bonds is 10. The molecule has 0 aromatic rings. The molecule has 0 aliphatic rings. The average molecular weight is 276 g/mol. The van der Waals surface area contributed by atoms with Crippen molar-refractivity contribution in [1.29, 1.82) is 0 Å². The van der Waals surface area contributed by atoms with Gasteiger partial charge in [0.15, 0.2) is 0 Å². The van der Waals surface area contributed by atoms with Gasteiger partial charge in [-0.3, -0.25) is 4.79 Å². The third kappa shape index (κ3) is 7.39. The number of carbonyl (C=O) groups excluding carboxylic acids is 1. The highest BCUT2D eigenvalue weighted by Crippen LogP contribution is 2.20. The van der Waals surface area contributed by atoms with E-state index in [1.165, 1.54) is 31.0 Å². The van der Waals surface area contributed by atoms with Crippen molar-refractivity contribution in [1.82, 2.24) is 0 Å². The Labute approximate surface area is 116 Å². The van der Waals surface area contributed by atoms with Gasteiger partial charge in [0.05, 0.1) is 6.10 Å². The van der Waals surface area contributed by atoms with Crippen LogP contribution in [0.5, 0.6) is 0 Å². The lowest BCUT2D eigenvalue weighted by atomic mass is 10.0. The maximum Gasteiger partial charge on any atom is 0.220 e. The average Bonchev–Trinajstić information content (AvgIpc) is 2.38. The zero-order valence-electron chi connectivity index (χ0n) is 12.1. The Hall–Kier alpha value is -0.0600. The van der Waals surface area contributed by atoms with Crippen LogP contribution >= 0.6 is 11.8 Å². The summed E-state index contributed by atoms with van der Waals surface area (Å²) in [4.78, 5) is 11.8. The summed E-state index contributed by atoms with van der Waals surface area (Å²) in [6.07, 6.45) is 3.26. The molecule has 3 atom stereocenters. The molecule has 0 amide bonds. The number of hydrogen-bond acceptors (Lipinski definition) is 4. The maximum absolute atomic E-state index is 11.8. The van der Waals surface area contributed by atoms with Gasteiger partial charge in [0.25, 0.3) is 0 Å². The molecule has 0 spiro atoms. The predicted molar refractivity (Wildman–Crippen MR) is 77.9 cm³/mol. The predicted octanol–water partition coefficient (Wildman–Crippen LogP) is 3.25. The largest absolute Gasteiger partial charge is 0.382 e. The molecule has 0 radical (unpaired) electrons. The molecular weight excluding hydrogens is 248 g/mol. The maximum atomic E-state index is 11.8. The summed E-state index contributed by atoms with van der Waals surface area (Å²) < 4.78 is 5.24. The second kappa shape index (κ2) is 10.8. The lowest BCUT2D eigenvalue weighted by Gasteiger charge is -2.18. The van der Waals surface area contributed by atoms with Crippen LogP contribution in [0.25, 0.3) is 0 Å². The molecule has 0 aliphatic heterocycles. The standard InChI is InChI=1S/C14H28O3S/c1-5-8-9-12(6-2)10-18-14(16)13(15)11(4)17-7-3/h11-13,15H,5-10H2,1-4H3/t11?,12?,13-/m0/s1. The first-order chi connectivity index (χ1) is 8.56. The van der Waals surface area contributed by atoms with Crippen molar-refractivity contribution in [3.8, 4) is 0 Å². The lowest BCUT2D eigenvalue weighted by molar-refractivity contribution is -0.125. The smallest absolute Gasteiger partial charge is 0.220 e. The number of hydrogen-bond donors (Lipinski definition) is 1. The minimum absolute atomic E-state index is 0.161. The van der Waals surface area contributed by atoms with Crippen LogP contribution in [0.3, 0.4) is 0 Å². The normalized spacial score (nSPS) is 16.3. The van der Waals surface area contributed by atoms with Crippen molar-refractivity contribution in [3.05, 3.63) is 0 Å². The summed E-state index contributed by atoms with van der Waals surface area (Å²) in [5, 5.41) is 9.62. The van der Waals surface area contributed by atoms with E-state index in [0.29, 0.717) is 12.5 Å². The summed E-state index contributed by atoms with van der Waals surface area (Å²) in [6, 6.07) is 0. The summed E-state index contributed by atoms with van der Waals surface area (Å²) in [5.41, 5.74) is 0. The number of carbonyl (C=O) groups is 1. The van der Waals surface area contributed by atoms with Crippen LogP contribution in [0.1, 0.15) is 53.4 Å². The molecule has 3 nitrogen and oxygen atoms in total. The first-order valence-corrected chi connectivity index (χ1v) is 8.01. The molecule has 1 N–H and O–H groups in total. The summed E-state index contributed by atoms with van der Waals surface area (Å²) in [7, 11) is 0. The lowest BCUT2D eigenvalue weighted by Crippen LogP contribution is -2.32. The van der Waals surface area contributed by atoms with E-state index in [1.54, 1.807) is 6.92 Å². The molecule has 0 bridgehead atoms. The Morgan fingerprint density at radius 1 is 1.33 bits per heavy atom. The Balaban J connectivity index is 3.98. The van der Waals surface area contributed by atoms with E-state index in [9.17, 15) is 9.90 Å². The van der Waals surface area contributed by atoms with Crippen molar-refractivity contribution in [2.75, 3.05) is 12.4 Å². The first-order valence-electron chi connectivity index (χ1n) is 7.02. The van der Waals surface area contributed by atoms with Crippen molar-refractivity contribution in [2.45, 2.75) is 65.6 Å². The first kappa shape index (κ1) is 17.9. The molecule has 0 fully saturated rings. The van der Waals surface area contributed by atoms with Gasteiger partial charge in [0.2, 0.25) is 5.12 Å². The van der Waals surface area contributed by atoms with Crippen LogP contribution in [0, 0.1) is 5.92 Å². The van der Waals surface area contributed by atoms with E-state index in [-0.39, 0.29) is 5.12 Å². The fourth-order valence-electron chi connectivity index (χ4n) is 1.73. The van der Waals surface area contributed by atoms with Crippen molar-refractivity contribution < 1.29 is 14.6 Å². The van der Waals surface area contributed by atoms with Gasteiger partial charge in [-0.15, -0.1) is 0 Å². The van der Waals surface area contributed by atoms with Crippen LogP contribution in [-0.2, 0) is 9.53 Å². The number of unbranched alkanes of at least 4 members (excludes halogenated alkanes) is 1. The molecule has 0 saturated carbocycles. The molecule has 4 heteroatoms. The SMILES string of the molecule is CCCCC(CC)CSC(=O)[C@@H](O)C(C)OCC. The summed E-state index contributed by atoms with van der Waals surface area (Å²) in [5.74, 6) is 1.39. The highest BCUT2D eigenvalue weighted by Gasteiger charge is 2.23. The molecule has 0 aromatic carbocycles. The summed E-state index contributed by atoms with van der Waals surface area (Å²) >= 11 is 1.25. The molecule has 0 rings (SSSR count). The van der Waals surface area contributed by atoms with E-state index in [1.807, 2.05) is 6.92 Å². The van der Waals surface area contributed by atoms with Gasteiger partial charge in [-0.2, -0.15) is 0 Å². The molecule has 0 heterocycles. The van der Waals surface area contributed by atoms with E-state index < -0.39 is 12.2 Å². The number of aliphatic hydroxyl groups is 1. The zero-order chi connectivity index (χ0) is 14.0. The van der Waals surface area contributed by atoms with Gasteiger partial charge in [0, 0.05) is 12.4 Å². The highest BCUT2D eigenvalue weighted by atomic mass is 32.2. The minimum Gasteiger partial charge on any atom is -0.382 e. The van der Waals surface area contributed by atoms with Crippen LogP contribution < -0.4 is 0 Å². The Kier molecular flexibility index (Phi) is 10.8. The van der Waals surface area contributed by atoms with Crippen LogP contribution in [0.4, 0.5) is 0 Å². The second-order valence-corrected chi connectivity index (χ2v) is 5.68. The van der Waals surface area contributed by atoms with Crippen molar-refractivity contribution in [3.63, 3.8) is 0 Å². The third-order valence-electron chi connectivity index (χ3n) is 3.12. The topological polar surface area (TPSA) is 46.5 Å². The molecule has 0 saturated heterocycles. The summed E-state index contributed by atoms with van der Waals surface area (Å²) in [6.45, 7) is 8.45.